The molecule has 1 amide bonds. The van der Waals surface area contributed by atoms with Crippen LogP contribution in [-0.2, 0) is 9.59 Å². The summed E-state index contributed by atoms with van der Waals surface area (Å²) < 4.78 is 0. The van der Waals surface area contributed by atoms with Gasteiger partial charge in [0, 0.05) is 13.1 Å². The first-order chi connectivity index (χ1) is 8.93. The van der Waals surface area contributed by atoms with E-state index in [4.69, 9.17) is 5.11 Å². The third kappa shape index (κ3) is 7.15. The Morgan fingerprint density at radius 2 is 1.58 bits per heavy atom. The van der Waals surface area contributed by atoms with Crippen molar-refractivity contribution >= 4 is 11.9 Å². The number of hydrogen-bond acceptors (Lipinski definition) is 3. The van der Waals surface area contributed by atoms with Crippen LogP contribution < -0.4 is 0 Å². The molecule has 5 heteroatoms. The molecule has 0 aromatic rings. The second-order valence-corrected chi connectivity index (χ2v) is 5.02. The van der Waals surface area contributed by atoms with Gasteiger partial charge in [-0.1, -0.05) is 26.7 Å². The van der Waals surface area contributed by atoms with Gasteiger partial charge in [-0.15, -0.1) is 0 Å². The van der Waals surface area contributed by atoms with Crippen molar-refractivity contribution in [2.75, 3.05) is 26.7 Å². The molecule has 0 radical (unpaired) electrons. The second-order valence-electron chi connectivity index (χ2n) is 5.02. The van der Waals surface area contributed by atoms with Gasteiger partial charge in [0.2, 0.25) is 5.91 Å². The molecule has 112 valence electrons. The molecule has 0 fully saturated rings. The van der Waals surface area contributed by atoms with Crippen LogP contribution in [0.15, 0.2) is 0 Å². The molecule has 19 heavy (non-hydrogen) atoms. The average molecular weight is 272 g/mol. The van der Waals surface area contributed by atoms with Crippen LogP contribution in [0.2, 0.25) is 0 Å². The van der Waals surface area contributed by atoms with E-state index in [-0.39, 0.29) is 12.5 Å². The van der Waals surface area contributed by atoms with Gasteiger partial charge >= 0.3 is 5.97 Å². The Bertz CT molecular complexity index is 274. The maximum absolute atomic E-state index is 12.2. The Balaban J connectivity index is 4.39. The zero-order valence-electron chi connectivity index (χ0n) is 12.7. The minimum atomic E-state index is -0.899. The summed E-state index contributed by atoms with van der Waals surface area (Å²) in [6.07, 6.45) is 4.09. The van der Waals surface area contributed by atoms with E-state index in [1.165, 1.54) is 0 Å². The number of likely N-dealkylation sites (N-methyl/N-ethyl adjacent to an activating group) is 1. The quantitative estimate of drug-likeness (QED) is 0.659. The Hall–Kier alpha value is -1.10. The number of amides is 1. The standard InChI is InChI=1S/C14H28N2O3/c1-5-7-9-16(10-8-6-2)13(17)11-15(4)12(3)14(18)19/h12H,5-11H2,1-4H3,(H,18,19). The zero-order chi connectivity index (χ0) is 14.8. The first kappa shape index (κ1) is 17.9. The highest BCUT2D eigenvalue weighted by Gasteiger charge is 2.21. The molecule has 0 rings (SSSR count). The highest BCUT2D eigenvalue weighted by Crippen LogP contribution is 2.03. The van der Waals surface area contributed by atoms with Gasteiger partial charge in [-0.2, -0.15) is 0 Å². The van der Waals surface area contributed by atoms with Crippen LogP contribution in [0.1, 0.15) is 46.5 Å². The molecule has 0 saturated heterocycles. The predicted octanol–water partition coefficient (Wildman–Crippen LogP) is 1.82. The molecular weight excluding hydrogens is 244 g/mol. The number of carbonyl (C=O) groups is 2. The van der Waals surface area contributed by atoms with Gasteiger partial charge in [-0.3, -0.25) is 14.5 Å². The third-order valence-corrected chi connectivity index (χ3v) is 3.32. The minimum Gasteiger partial charge on any atom is -0.480 e. The summed E-state index contributed by atoms with van der Waals surface area (Å²) in [5, 5.41) is 8.92. The fourth-order valence-corrected chi connectivity index (χ4v) is 1.70. The molecule has 0 aliphatic carbocycles. The molecule has 1 N–H and O–H groups in total. The van der Waals surface area contributed by atoms with Crippen molar-refractivity contribution in [1.29, 1.82) is 0 Å². The zero-order valence-corrected chi connectivity index (χ0v) is 12.7. The highest BCUT2D eigenvalue weighted by molar-refractivity contribution is 5.79. The first-order valence-electron chi connectivity index (χ1n) is 7.14. The van der Waals surface area contributed by atoms with E-state index in [9.17, 15) is 9.59 Å². The summed E-state index contributed by atoms with van der Waals surface area (Å²) in [7, 11) is 1.68. The van der Waals surface area contributed by atoms with Gasteiger partial charge in [-0.05, 0) is 26.8 Å². The molecule has 1 atom stereocenters. The number of unbranched alkanes of at least 4 members (excludes halogenated alkanes) is 2. The average Bonchev–Trinajstić information content (AvgIpc) is 2.37. The number of rotatable bonds is 10. The summed E-state index contributed by atoms with van der Waals surface area (Å²) in [5.41, 5.74) is 0. The number of carboxylic acid groups (broad SMARTS) is 1. The van der Waals surface area contributed by atoms with Gasteiger partial charge in [0.15, 0.2) is 0 Å². The van der Waals surface area contributed by atoms with E-state index in [1.54, 1.807) is 18.9 Å². The molecular formula is C14H28N2O3. The number of aliphatic carboxylic acids is 1. The second kappa shape index (κ2) is 9.78. The Labute approximate surface area is 116 Å². The van der Waals surface area contributed by atoms with E-state index in [2.05, 4.69) is 13.8 Å². The van der Waals surface area contributed by atoms with Crippen LogP contribution in [0.25, 0.3) is 0 Å². The van der Waals surface area contributed by atoms with Gasteiger partial charge in [0.1, 0.15) is 6.04 Å². The maximum Gasteiger partial charge on any atom is 0.320 e. The molecule has 0 aromatic carbocycles. The number of hydrogen-bond donors (Lipinski definition) is 1. The smallest absolute Gasteiger partial charge is 0.320 e. The topological polar surface area (TPSA) is 60.9 Å². The van der Waals surface area contributed by atoms with Crippen LogP contribution in [0.4, 0.5) is 0 Å². The van der Waals surface area contributed by atoms with Crippen LogP contribution in [-0.4, -0.2) is 59.5 Å². The van der Waals surface area contributed by atoms with Gasteiger partial charge in [-0.25, -0.2) is 0 Å². The third-order valence-electron chi connectivity index (χ3n) is 3.32. The Morgan fingerprint density at radius 1 is 1.11 bits per heavy atom. The lowest BCUT2D eigenvalue weighted by atomic mass is 10.2. The molecule has 1 unspecified atom stereocenters. The molecule has 0 aromatic heterocycles. The lowest BCUT2D eigenvalue weighted by Gasteiger charge is -2.27. The van der Waals surface area contributed by atoms with E-state index in [0.717, 1.165) is 38.8 Å². The Kier molecular flexibility index (Phi) is 9.21. The molecule has 0 spiro atoms. The summed E-state index contributed by atoms with van der Waals surface area (Å²) in [4.78, 5) is 26.5. The van der Waals surface area contributed by atoms with Crippen molar-refractivity contribution < 1.29 is 14.7 Å². The SMILES string of the molecule is CCCCN(CCCC)C(=O)CN(C)C(C)C(=O)O. The molecule has 0 aliphatic heterocycles. The molecule has 5 nitrogen and oxygen atoms in total. The monoisotopic (exact) mass is 272 g/mol. The molecule has 0 heterocycles. The highest BCUT2D eigenvalue weighted by atomic mass is 16.4. The van der Waals surface area contributed by atoms with Crippen molar-refractivity contribution in [3.63, 3.8) is 0 Å². The summed E-state index contributed by atoms with van der Waals surface area (Å²) in [6, 6.07) is -0.636. The van der Waals surface area contributed by atoms with Crippen molar-refractivity contribution in [3.8, 4) is 0 Å². The lowest BCUT2D eigenvalue weighted by molar-refractivity contribution is -0.143. The van der Waals surface area contributed by atoms with Crippen molar-refractivity contribution in [2.45, 2.75) is 52.5 Å². The van der Waals surface area contributed by atoms with Gasteiger partial charge in [0.05, 0.1) is 6.54 Å². The first-order valence-corrected chi connectivity index (χ1v) is 7.14. The maximum atomic E-state index is 12.2. The van der Waals surface area contributed by atoms with Crippen LogP contribution >= 0.6 is 0 Å². The normalized spacial score (nSPS) is 12.5. The van der Waals surface area contributed by atoms with Crippen LogP contribution in [0, 0.1) is 0 Å². The van der Waals surface area contributed by atoms with Gasteiger partial charge < -0.3 is 10.0 Å². The fourth-order valence-electron chi connectivity index (χ4n) is 1.70. The Morgan fingerprint density at radius 3 is 1.95 bits per heavy atom. The van der Waals surface area contributed by atoms with Crippen LogP contribution in [0.3, 0.4) is 0 Å². The van der Waals surface area contributed by atoms with Crippen LogP contribution in [0.5, 0.6) is 0 Å². The van der Waals surface area contributed by atoms with E-state index >= 15 is 0 Å². The van der Waals surface area contributed by atoms with Crippen molar-refractivity contribution in [1.82, 2.24) is 9.80 Å². The summed E-state index contributed by atoms with van der Waals surface area (Å²) in [5.74, 6) is -0.874. The molecule has 0 aliphatic rings. The minimum absolute atomic E-state index is 0.0255. The van der Waals surface area contributed by atoms with E-state index < -0.39 is 12.0 Å². The summed E-state index contributed by atoms with van der Waals surface area (Å²) >= 11 is 0. The predicted molar refractivity (Wildman–Crippen MR) is 76.1 cm³/mol. The molecule has 0 bridgehead atoms. The largest absolute Gasteiger partial charge is 0.480 e. The summed E-state index contributed by atoms with van der Waals surface area (Å²) in [6.45, 7) is 7.50. The number of nitrogens with zero attached hydrogens (tertiary/aromatic N) is 2. The van der Waals surface area contributed by atoms with Crippen molar-refractivity contribution in [2.24, 2.45) is 0 Å². The fraction of sp³-hybridized carbons (Fsp3) is 0.857. The van der Waals surface area contributed by atoms with Crippen molar-refractivity contribution in [3.05, 3.63) is 0 Å². The van der Waals surface area contributed by atoms with E-state index in [1.807, 2.05) is 4.90 Å². The van der Waals surface area contributed by atoms with E-state index in [0.29, 0.717) is 0 Å². The number of carbonyl (C=O) groups excluding carboxylic acids is 1. The lowest BCUT2D eigenvalue weighted by Crippen LogP contribution is -2.45. The molecule has 0 saturated carbocycles. The van der Waals surface area contributed by atoms with Gasteiger partial charge in [0.25, 0.3) is 0 Å². The number of carboxylic acids is 1.